The topological polar surface area (TPSA) is 0 Å². The van der Waals surface area contributed by atoms with Gasteiger partial charge < -0.3 is 0 Å². The molecule has 0 spiro atoms. The molecule has 0 aliphatic carbocycles. The predicted molar refractivity (Wildman–Crippen MR) is 172 cm³/mol. The van der Waals surface area contributed by atoms with E-state index in [1.807, 2.05) is 100 Å². The van der Waals surface area contributed by atoms with Crippen molar-refractivity contribution in [2.75, 3.05) is 0 Å². The monoisotopic (exact) mass is 512 g/mol. The van der Waals surface area contributed by atoms with E-state index in [4.69, 9.17) is 0 Å². The Morgan fingerprint density at radius 1 is 0.324 bits per heavy atom. The quantitative estimate of drug-likeness (QED) is 0.239. The Morgan fingerprint density at radius 2 is 0.459 bits per heavy atom. The van der Waals surface area contributed by atoms with E-state index in [0.717, 1.165) is 22.3 Å². The zero-order chi connectivity index (χ0) is 26.8. The number of hydrogen-bond acceptors (Lipinski definition) is 0. The third-order valence-electron chi connectivity index (χ3n) is 5.07. The summed E-state index contributed by atoms with van der Waals surface area (Å²) >= 11 is 0. The van der Waals surface area contributed by atoms with Crippen molar-refractivity contribution in [2.24, 2.45) is 0 Å². The van der Waals surface area contributed by atoms with Crippen molar-refractivity contribution < 1.29 is 0 Å². The minimum atomic E-state index is 0. The molecule has 0 aromatic heterocycles. The first-order valence-corrected chi connectivity index (χ1v) is 12.1. The molecule has 0 amide bonds. The van der Waals surface area contributed by atoms with Gasteiger partial charge in [-0.25, -0.2) is 0 Å². The van der Waals surface area contributed by atoms with E-state index < -0.39 is 0 Å². The fourth-order valence-corrected chi connectivity index (χ4v) is 2.89. The molecule has 186 valence electrons. The van der Waals surface area contributed by atoms with Crippen LogP contribution in [0.1, 0.15) is 49.9 Å². The zero-order valence-corrected chi connectivity index (χ0v) is 22.4. The standard InChI is InChI=1S/4C9H10.K.H/c4*1-8(2)9-6-4-3-5-7-9;;/h4*3-7H,1H2,2H3;;. The summed E-state index contributed by atoms with van der Waals surface area (Å²) in [5.41, 5.74) is 9.36. The Kier molecular flexibility index (Phi) is 19.1. The summed E-state index contributed by atoms with van der Waals surface area (Å²) in [5, 5.41) is 0. The molecule has 0 fully saturated rings. The fourth-order valence-electron chi connectivity index (χ4n) is 2.89. The normalized spacial score (nSPS) is 8.76. The SMILES string of the molecule is C=C(C)c1ccccc1.C=C(C)c1ccccc1.C=C(C)c1ccccc1.C=C(C)c1ccccc1.[KH]. The van der Waals surface area contributed by atoms with Gasteiger partial charge in [-0.2, -0.15) is 0 Å². The summed E-state index contributed by atoms with van der Waals surface area (Å²) < 4.78 is 0. The predicted octanol–water partition coefficient (Wildman–Crippen LogP) is 10.2. The molecule has 0 unspecified atom stereocenters. The molecule has 0 bridgehead atoms. The molecule has 37 heavy (non-hydrogen) atoms. The van der Waals surface area contributed by atoms with Crippen molar-refractivity contribution in [3.63, 3.8) is 0 Å². The molecule has 0 radical (unpaired) electrons. The third kappa shape index (κ3) is 16.0. The third-order valence-corrected chi connectivity index (χ3v) is 5.07. The van der Waals surface area contributed by atoms with E-state index >= 15 is 0 Å². The van der Waals surface area contributed by atoms with Gasteiger partial charge in [0.2, 0.25) is 0 Å². The van der Waals surface area contributed by atoms with Crippen LogP contribution in [-0.4, -0.2) is 51.4 Å². The van der Waals surface area contributed by atoms with Crippen molar-refractivity contribution in [1.82, 2.24) is 0 Å². The molecule has 1 heteroatoms. The van der Waals surface area contributed by atoms with E-state index in [1.54, 1.807) is 0 Å². The van der Waals surface area contributed by atoms with Crippen LogP contribution in [0.25, 0.3) is 22.3 Å². The van der Waals surface area contributed by atoms with Gasteiger partial charge in [-0.15, -0.1) is 0 Å². The number of benzene rings is 4. The second-order valence-electron chi connectivity index (χ2n) is 8.59. The Morgan fingerprint density at radius 3 is 0.541 bits per heavy atom. The van der Waals surface area contributed by atoms with Crippen LogP contribution in [0.15, 0.2) is 148 Å². The van der Waals surface area contributed by atoms with Gasteiger partial charge in [0.15, 0.2) is 0 Å². The van der Waals surface area contributed by atoms with Crippen molar-refractivity contribution in [2.45, 2.75) is 27.7 Å². The maximum atomic E-state index is 3.83. The second kappa shape index (κ2) is 20.5. The summed E-state index contributed by atoms with van der Waals surface area (Å²) in [7, 11) is 0. The molecule has 4 aromatic rings. The van der Waals surface area contributed by atoms with Crippen LogP contribution in [0.4, 0.5) is 0 Å². The summed E-state index contributed by atoms with van der Waals surface area (Å²) in [6.07, 6.45) is 0. The molecule has 0 nitrogen and oxygen atoms in total. The molecule has 0 aliphatic rings. The summed E-state index contributed by atoms with van der Waals surface area (Å²) in [6, 6.07) is 40.6. The van der Waals surface area contributed by atoms with Crippen LogP contribution >= 0.6 is 0 Å². The molecule has 0 heterocycles. The van der Waals surface area contributed by atoms with Gasteiger partial charge in [0.25, 0.3) is 0 Å². The van der Waals surface area contributed by atoms with Crippen molar-refractivity contribution >= 4 is 73.7 Å². The van der Waals surface area contributed by atoms with Gasteiger partial charge in [-0.1, -0.05) is 170 Å². The molecule has 0 saturated carbocycles. The van der Waals surface area contributed by atoms with Crippen LogP contribution < -0.4 is 0 Å². The molecule has 0 saturated heterocycles. The van der Waals surface area contributed by atoms with Gasteiger partial charge in [-0.3, -0.25) is 0 Å². The zero-order valence-electron chi connectivity index (χ0n) is 22.4. The number of hydrogen-bond donors (Lipinski definition) is 0. The Hall–Kier alpha value is -2.52. The molecule has 0 atom stereocenters. The van der Waals surface area contributed by atoms with Crippen LogP contribution in [0.2, 0.25) is 0 Å². The Bertz CT molecular complexity index is 991. The van der Waals surface area contributed by atoms with Gasteiger partial charge in [0.05, 0.1) is 0 Å². The minimum absolute atomic E-state index is 0. The molecule has 4 aromatic carbocycles. The molecule has 0 aliphatic heterocycles. The van der Waals surface area contributed by atoms with E-state index in [2.05, 4.69) is 74.8 Å². The maximum absolute atomic E-state index is 3.83. The first-order valence-electron chi connectivity index (χ1n) is 12.1. The first kappa shape index (κ1) is 34.5. The van der Waals surface area contributed by atoms with Crippen molar-refractivity contribution in [3.05, 3.63) is 170 Å². The second-order valence-corrected chi connectivity index (χ2v) is 8.59. The van der Waals surface area contributed by atoms with E-state index in [9.17, 15) is 0 Å². The van der Waals surface area contributed by atoms with Gasteiger partial charge in [-0.05, 0) is 49.9 Å². The van der Waals surface area contributed by atoms with E-state index in [-0.39, 0.29) is 51.4 Å². The average Bonchev–Trinajstić information content (AvgIpc) is 2.92. The molecule has 0 N–H and O–H groups in total. The molecule has 4 rings (SSSR count). The Balaban J connectivity index is 0.000000463. The van der Waals surface area contributed by atoms with Crippen LogP contribution in [0.3, 0.4) is 0 Å². The summed E-state index contributed by atoms with van der Waals surface area (Å²) in [4.78, 5) is 0. The van der Waals surface area contributed by atoms with Crippen LogP contribution in [-0.2, 0) is 0 Å². The van der Waals surface area contributed by atoms with Gasteiger partial charge in [0.1, 0.15) is 0 Å². The van der Waals surface area contributed by atoms with E-state index in [1.165, 1.54) is 22.3 Å². The van der Waals surface area contributed by atoms with Gasteiger partial charge >= 0.3 is 51.4 Å². The number of allylic oxidation sites excluding steroid dienone is 4. The van der Waals surface area contributed by atoms with Crippen LogP contribution in [0, 0.1) is 0 Å². The Labute approximate surface area is 268 Å². The van der Waals surface area contributed by atoms with Gasteiger partial charge in [0, 0.05) is 0 Å². The summed E-state index contributed by atoms with van der Waals surface area (Å²) in [6.45, 7) is 23.3. The van der Waals surface area contributed by atoms with Crippen molar-refractivity contribution in [3.8, 4) is 0 Å². The van der Waals surface area contributed by atoms with E-state index in [0.29, 0.717) is 0 Å². The first-order chi connectivity index (χ1) is 17.2. The molecular formula is C36H41K. The fraction of sp³-hybridized carbons (Fsp3) is 0.111. The average molecular weight is 513 g/mol. The molecular weight excluding hydrogens is 471 g/mol. The van der Waals surface area contributed by atoms with Crippen molar-refractivity contribution in [1.29, 1.82) is 0 Å². The number of rotatable bonds is 4. The summed E-state index contributed by atoms with van der Waals surface area (Å²) in [5.74, 6) is 0. The van der Waals surface area contributed by atoms with Crippen LogP contribution in [0.5, 0.6) is 0 Å².